The van der Waals surface area contributed by atoms with Crippen LogP contribution in [0.2, 0.25) is 0 Å². The Hall–Kier alpha value is -1.41. The molecule has 3 rings (SSSR count). The Labute approximate surface area is 98.7 Å². The third-order valence-electron chi connectivity index (χ3n) is 2.77. The van der Waals surface area contributed by atoms with E-state index in [1.54, 1.807) is 0 Å². The third kappa shape index (κ3) is 1.50. The number of thiazole rings is 1. The van der Waals surface area contributed by atoms with Crippen molar-refractivity contribution < 1.29 is 0 Å². The summed E-state index contributed by atoms with van der Waals surface area (Å²) in [6.45, 7) is 4.38. The maximum atomic E-state index is 4.68. The molecule has 0 atom stereocenters. The maximum absolute atomic E-state index is 4.68. The zero-order valence-corrected chi connectivity index (χ0v) is 10.2. The number of benzene rings is 2. The van der Waals surface area contributed by atoms with E-state index in [0.29, 0.717) is 5.92 Å². The van der Waals surface area contributed by atoms with Crippen molar-refractivity contribution in [3.8, 4) is 0 Å². The Balaban J connectivity index is 2.34. The lowest BCUT2D eigenvalue weighted by Gasteiger charge is -1.95. The summed E-state index contributed by atoms with van der Waals surface area (Å²) in [5.74, 6) is 0.514. The maximum Gasteiger partial charge on any atom is 0.0963 e. The smallest absolute Gasteiger partial charge is 0.0963 e. The lowest BCUT2D eigenvalue weighted by Crippen LogP contribution is -1.82. The van der Waals surface area contributed by atoms with Crippen LogP contribution in [0.25, 0.3) is 21.0 Å². The van der Waals surface area contributed by atoms with E-state index in [1.807, 2.05) is 11.3 Å². The minimum absolute atomic E-state index is 0.514. The van der Waals surface area contributed by atoms with E-state index in [2.05, 4.69) is 55.2 Å². The third-order valence-corrected chi connectivity index (χ3v) is 4.09. The second kappa shape index (κ2) is 3.56. The second-order valence-electron chi connectivity index (χ2n) is 4.37. The highest BCUT2D eigenvalue weighted by Gasteiger charge is 2.07. The van der Waals surface area contributed by atoms with Crippen LogP contribution >= 0.6 is 11.3 Å². The van der Waals surface area contributed by atoms with Gasteiger partial charge in [0.1, 0.15) is 0 Å². The lowest BCUT2D eigenvalue weighted by molar-refractivity contribution is 0.857. The molecule has 16 heavy (non-hydrogen) atoms. The van der Waals surface area contributed by atoms with Gasteiger partial charge in [0.05, 0.1) is 15.2 Å². The van der Waals surface area contributed by atoms with Gasteiger partial charge in [-0.3, -0.25) is 0 Å². The molecular weight excluding hydrogens is 214 g/mol. The number of hydrogen-bond donors (Lipinski definition) is 0. The predicted octanol–water partition coefficient (Wildman–Crippen LogP) is 4.57. The SMILES string of the molecule is CC(C)c1nc2cc3ccccc3cc2s1. The van der Waals surface area contributed by atoms with E-state index < -0.39 is 0 Å². The molecule has 1 heterocycles. The van der Waals surface area contributed by atoms with Gasteiger partial charge in [0.15, 0.2) is 0 Å². The summed E-state index contributed by atoms with van der Waals surface area (Å²) < 4.78 is 1.29. The lowest BCUT2D eigenvalue weighted by atomic mass is 10.1. The molecule has 0 aliphatic rings. The minimum atomic E-state index is 0.514. The molecule has 3 aromatic rings. The van der Waals surface area contributed by atoms with Crippen molar-refractivity contribution in [1.29, 1.82) is 0 Å². The van der Waals surface area contributed by atoms with E-state index >= 15 is 0 Å². The van der Waals surface area contributed by atoms with E-state index in [4.69, 9.17) is 0 Å². The van der Waals surface area contributed by atoms with Crippen LogP contribution in [0.1, 0.15) is 24.8 Å². The first kappa shape index (κ1) is 9.79. The number of rotatable bonds is 1. The largest absolute Gasteiger partial charge is 0.241 e. The average Bonchev–Trinajstić information content (AvgIpc) is 2.68. The van der Waals surface area contributed by atoms with Crippen LogP contribution in [-0.2, 0) is 0 Å². The van der Waals surface area contributed by atoms with E-state index in [1.165, 1.54) is 20.5 Å². The van der Waals surface area contributed by atoms with Crippen LogP contribution in [0.4, 0.5) is 0 Å². The fourth-order valence-electron chi connectivity index (χ4n) is 1.88. The zero-order chi connectivity index (χ0) is 11.1. The van der Waals surface area contributed by atoms with E-state index in [0.717, 1.165) is 5.52 Å². The number of fused-ring (bicyclic) bond motifs is 2. The molecule has 1 nitrogen and oxygen atoms in total. The molecular formula is C14H13NS. The number of nitrogens with zero attached hydrogens (tertiary/aromatic N) is 1. The molecule has 0 radical (unpaired) electrons. The van der Waals surface area contributed by atoms with Crippen molar-refractivity contribution in [3.05, 3.63) is 41.4 Å². The van der Waals surface area contributed by atoms with Crippen molar-refractivity contribution in [2.24, 2.45) is 0 Å². The average molecular weight is 227 g/mol. The Kier molecular flexibility index (Phi) is 2.18. The first-order chi connectivity index (χ1) is 7.74. The molecule has 0 unspecified atom stereocenters. The molecule has 0 aliphatic carbocycles. The number of hydrogen-bond acceptors (Lipinski definition) is 2. The molecule has 0 saturated heterocycles. The molecule has 2 heteroatoms. The van der Waals surface area contributed by atoms with Crippen LogP contribution in [0.5, 0.6) is 0 Å². The highest BCUT2D eigenvalue weighted by Crippen LogP contribution is 2.30. The van der Waals surface area contributed by atoms with Gasteiger partial charge >= 0.3 is 0 Å². The normalized spacial score (nSPS) is 11.7. The molecule has 1 aromatic heterocycles. The molecule has 0 saturated carbocycles. The van der Waals surface area contributed by atoms with Crippen LogP contribution in [0.15, 0.2) is 36.4 Å². The van der Waals surface area contributed by atoms with Crippen LogP contribution in [0, 0.1) is 0 Å². The molecule has 0 amide bonds. The van der Waals surface area contributed by atoms with Gasteiger partial charge in [-0.1, -0.05) is 38.1 Å². The second-order valence-corrected chi connectivity index (χ2v) is 5.44. The molecule has 2 aromatic carbocycles. The molecule has 80 valence electrons. The molecule has 0 spiro atoms. The van der Waals surface area contributed by atoms with Gasteiger partial charge in [-0.25, -0.2) is 4.98 Å². The topological polar surface area (TPSA) is 12.9 Å². The summed E-state index contributed by atoms with van der Waals surface area (Å²) in [5.41, 5.74) is 1.13. The predicted molar refractivity (Wildman–Crippen MR) is 71.2 cm³/mol. The fraction of sp³-hybridized carbons (Fsp3) is 0.214. The summed E-state index contributed by atoms with van der Waals surface area (Å²) in [5, 5.41) is 3.80. The van der Waals surface area contributed by atoms with E-state index in [9.17, 15) is 0 Å². The Morgan fingerprint density at radius 3 is 2.44 bits per heavy atom. The zero-order valence-electron chi connectivity index (χ0n) is 9.40. The Morgan fingerprint density at radius 2 is 1.75 bits per heavy atom. The summed E-state index contributed by atoms with van der Waals surface area (Å²) in [6, 6.07) is 12.9. The highest BCUT2D eigenvalue weighted by atomic mass is 32.1. The summed E-state index contributed by atoms with van der Waals surface area (Å²) in [4.78, 5) is 4.68. The summed E-state index contributed by atoms with van der Waals surface area (Å²) in [6.07, 6.45) is 0. The van der Waals surface area contributed by atoms with Crippen molar-refractivity contribution in [1.82, 2.24) is 4.98 Å². The standard InChI is InChI=1S/C14H13NS/c1-9(2)14-15-12-7-10-5-3-4-6-11(10)8-13(12)16-14/h3-9H,1-2H3. The number of aromatic nitrogens is 1. The van der Waals surface area contributed by atoms with Crippen molar-refractivity contribution >= 4 is 32.3 Å². The first-order valence-corrected chi connectivity index (χ1v) is 6.35. The Bertz CT molecular complexity index is 599. The quantitative estimate of drug-likeness (QED) is 0.593. The molecule has 0 N–H and O–H groups in total. The fourth-order valence-corrected chi connectivity index (χ4v) is 2.88. The summed E-state index contributed by atoms with van der Waals surface area (Å²) in [7, 11) is 0. The van der Waals surface area contributed by atoms with Crippen molar-refractivity contribution in [2.45, 2.75) is 19.8 Å². The van der Waals surface area contributed by atoms with Crippen LogP contribution in [-0.4, -0.2) is 4.98 Å². The van der Waals surface area contributed by atoms with Crippen LogP contribution < -0.4 is 0 Å². The summed E-state index contributed by atoms with van der Waals surface area (Å²) >= 11 is 1.81. The van der Waals surface area contributed by atoms with Gasteiger partial charge in [-0.05, 0) is 22.9 Å². The van der Waals surface area contributed by atoms with Gasteiger partial charge in [0.25, 0.3) is 0 Å². The first-order valence-electron chi connectivity index (χ1n) is 5.53. The van der Waals surface area contributed by atoms with Gasteiger partial charge in [0, 0.05) is 5.92 Å². The molecule has 0 aliphatic heterocycles. The monoisotopic (exact) mass is 227 g/mol. The van der Waals surface area contributed by atoms with Crippen molar-refractivity contribution in [2.75, 3.05) is 0 Å². The molecule has 0 fully saturated rings. The minimum Gasteiger partial charge on any atom is -0.241 e. The van der Waals surface area contributed by atoms with Crippen LogP contribution in [0.3, 0.4) is 0 Å². The van der Waals surface area contributed by atoms with E-state index in [-0.39, 0.29) is 0 Å². The van der Waals surface area contributed by atoms with Gasteiger partial charge in [-0.15, -0.1) is 11.3 Å². The van der Waals surface area contributed by atoms with Crippen molar-refractivity contribution in [3.63, 3.8) is 0 Å². The highest BCUT2D eigenvalue weighted by molar-refractivity contribution is 7.18. The molecule has 0 bridgehead atoms. The Morgan fingerprint density at radius 1 is 1.06 bits per heavy atom. The van der Waals surface area contributed by atoms with Gasteiger partial charge in [-0.2, -0.15) is 0 Å². The van der Waals surface area contributed by atoms with Gasteiger partial charge in [0.2, 0.25) is 0 Å². The van der Waals surface area contributed by atoms with Gasteiger partial charge < -0.3 is 0 Å².